The highest BCUT2D eigenvalue weighted by Gasteiger charge is 2.27. The third-order valence-electron chi connectivity index (χ3n) is 6.46. The van der Waals surface area contributed by atoms with E-state index in [2.05, 4.69) is 28.3 Å². The molecule has 1 aromatic heterocycles. The van der Waals surface area contributed by atoms with Crippen molar-refractivity contribution in [2.45, 2.75) is 25.7 Å². The normalized spacial score (nSPS) is 16.8. The number of likely N-dealkylation sites (tertiary alicyclic amines) is 1. The minimum atomic E-state index is -0.545. The number of para-hydroxylation sites is 1. The number of likely N-dealkylation sites (N-methyl/N-ethyl adjacent to an activating group) is 1. The monoisotopic (exact) mass is 466 g/mol. The predicted molar refractivity (Wildman–Crippen MR) is 131 cm³/mol. The van der Waals surface area contributed by atoms with Crippen molar-refractivity contribution in [3.05, 3.63) is 60.2 Å². The molecular weight excluding hydrogens is 432 g/mol. The fourth-order valence-electron chi connectivity index (χ4n) is 4.55. The van der Waals surface area contributed by atoms with E-state index in [4.69, 9.17) is 9.47 Å². The molecule has 8 nitrogen and oxygen atoms in total. The number of benzene rings is 1. The van der Waals surface area contributed by atoms with Gasteiger partial charge in [-0.3, -0.25) is 9.36 Å². The van der Waals surface area contributed by atoms with Crippen LogP contribution in [0.25, 0.3) is 10.9 Å². The number of ether oxygens (including phenoxy) is 2. The molecule has 34 heavy (non-hydrogen) atoms. The van der Waals surface area contributed by atoms with Crippen LogP contribution >= 0.6 is 0 Å². The number of esters is 1. The van der Waals surface area contributed by atoms with E-state index in [0.29, 0.717) is 0 Å². The summed E-state index contributed by atoms with van der Waals surface area (Å²) in [6.07, 6.45) is 10.8. The molecule has 182 valence electrons. The highest BCUT2D eigenvalue weighted by molar-refractivity contribution is 5.92. The molecule has 2 aliphatic rings. The topological polar surface area (TPSA) is 67.2 Å². The van der Waals surface area contributed by atoms with E-state index < -0.39 is 6.09 Å². The second-order valence-electron chi connectivity index (χ2n) is 9.22. The maximum atomic E-state index is 12.7. The van der Waals surface area contributed by atoms with Gasteiger partial charge in [0, 0.05) is 56.6 Å². The number of allylic oxidation sites excluding steroid dienone is 1. The first kappa shape index (κ1) is 23.9. The summed E-state index contributed by atoms with van der Waals surface area (Å²) in [6, 6.07) is 7.76. The van der Waals surface area contributed by atoms with Crippen molar-refractivity contribution in [2.75, 3.05) is 47.6 Å². The lowest BCUT2D eigenvalue weighted by Crippen LogP contribution is -2.37. The Morgan fingerprint density at radius 3 is 2.62 bits per heavy atom. The van der Waals surface area contributed by atoms with Crippen molar-refractivity contribution in [2.24, 2.45) is 5.92 Å². The summed E-state index contributed by atoms with van der Waals surface area (Å²) in [5.41, 5.74) is 3.15. The molecule has 1 aromatic carbocycles. The summed E-state index contributed by atoms with van der Waals surface area (Å²) in [4.78, 5) is 31.8. The number of hydrogen-bond acceptors (Lipinski definition) is 7. The van der Waals surface area contributed by atoms with E-state index in [0.717, 1.165) is 61.8 Å². The Balaban J connectivity index is 1.27. The quantitative estimate of drug-likeness (QED) is 0.456. The largest absolute Gasteiger partial charge is 0.428 e. The van der Waals surface area contributed by atoms with E-state index in [1.807, 2.05) is 56.5 Å². The molecule has 0 atom stereocenters. The van der Waals surface area contributed by atoms with Crippen molar-refractivity contribution >= 4 is 23.0 Å². The Morgan fingerprint density at radius 1 is 1.12 bits per heavy atom. The average Bonchev–Trinajstić information content (AvgIpc) is 3.21. The number of piperidine rings is 1. The number of hydrogen-bond donors (Lipinski definition) is 0. The molecule has 0 aliphatic carbocycles. The summed E-state index contributed by atoms with van der Waals surface area (Å²) in [6.45, 7) is 2.14. The van der Waals surface area contributed by atoms with Crippen molar-refractivity contribution in [1.82, 2.24) is 19.3 Å². The first-order chi connectivity index (χ1) is 16.4. The molecule has 2 aromatic rings. The van der Waals surface area contributed by atoms with Crippen LogP contribution in [0.1, 0.15) is 24.8 Å². The third-order valence-corrected chi connectivity index (χ3v) is 6.46. The fraction of sp³-hybridized carbons (Fsp3) is 0.462. The lowest BCUT2D eigenvalue weighted by molar-refractivity contribution is -0.158. The smallest absolute Gasteiger partial charge is 0.421 e. The molecule has 0 N–H and O–H groups in total. The van der Waals surface area contributed by atoms with E-state index in [9.17, 15) is 9.59 Å². The molecule has 0 saturated carbocycles. The van der Waals surface area contributed by atoms with Crippen LogP contribution in [-0.4, -0.2) is 78.9 Å². The summed E-state index contributed by atoms with van der Waals surface area (Å²) in [5.74, 6) is -0.469. The number of nitrogens with zero attached hydrogens (tertiary/aromatic N) is 4. The average molecular weight is 467 g/mol. The Bertz CT molecular complexity index is 1080. The lowest BCUT2D eigenvalue weighted by atomic mass is 9.96. The molecule has 0 amide bonds. The van der Waals surface area contributed by atoms with Crippen molar-refractivity contribution in [3.8, 4) is 0 Å². The van der Waals surface area contributed by atoms with Gasteiger partial charge in [-0.1, -0.05) is 24.3 Å². The molecular formula is C26H34N4O4. The maximum Gasteiger partial charge on any atom is 0.421 e. The summed E-state index contributed by atoms with van der Waals surface area (Å²) >= 11 is 0. The van der Waals surface area contributed by atoms with Crippen LogP contribution in [0.3, 0.4) is 0 Å². The number of fused-ring (bicyclic) bond motifs is 1. The number of carbonyl (C=O) groups excluding carboxylic acids is 2. The number of aromatic nitrogens is 1. The van der Waals surface area contributed by atoms with Crippen LogP contribution in [0, 0.1) is 5.92 Å². The molecule has 0 bridgehead atoms. The van der Waals surface area contributed by atoms with Crippen molar-refractivity contribution in [3.63, 3.8) is 0 Å². The second kappa shape index (κ2) is 10.8. The van der Waals surface area contributed by atoms with Gasteiger partial charge >= 0.3 is 12.1 Å². The van der Waals surface area contributed by atoms with Gasteiger partial charge in [0.2, 0.25) is 6.79 Å². The SMILES string of the molecule is CN1C=CCC(N2CCC(C(=O)OCOC(=O)n3cc(CCN(C)C)c4ccccc43)CC2)=C1. The first-order valence-electron chi connectivity index (χ1n) is 11.8. The number of rotatable bonds is 7. The first-order valence-corrected chi connectivity index (χ1v) is 11.8. The minimum Gasteiger partial charge on any atom is -0.428 e. The maximum absolute atomic E-state index is 12.7. The highest BCUT2D eigenvalue weighted by atomic mass is 16.7. The third kappa shape index (κ3) is 5.62. The Morgan fingerprint density at radius 2 is 1.88 bits per heavy atom. The highest BCUT2D eigenvalue weighted by Crippen LogP contribution is 2.25. The molecule has 8 heteroatoms. The van der Waals surface area contributed by atoms with Gasteiger partial charge in [-0.25, -0.2) is 4.79 Å². The van der Waals surface area contributed by atoms with E-state index in [1.54, 1.807) is 0 Å². The van der Waals surface area contributed by atoms with Crippen LogP contribution in [0.4, 0.5) is 4.79 Å². The van der Waals surface area contributed by atoms with E-state index in [1.165, 1.54) is 10.3 Å². The number of carbonyl (C=O) groups is 2. The van der Waals surface area contributed by atoms with Crippen molar-refractivity contribution < 1.29 is 19.1 Å². The zero-order valence-electron chi connectivity index (χ0n) is 20.3. The van der Waals surface area contributed by atoms with Crippen LogP contribution in [-0.2, 0) is 20.7 Å². The van der Waals surface area contributed by atoms with Crippen LogP contribution < -0.4 is 0 Å². The van der Waals surface area contributed by atoms with Gasteiger partial charge in [-0.15, -0.1) is 0 Å². The second-order valence-corrected chi connectivity index (χ2v) is 9.22. The lowest BCUT2D eigenvalue weighted by Gasteiger charge is -2.35. The fourth-order valence-corrected chi connectivity index (χ4v) is 4.55. The van der Waals surface area contributed by atoms with E-state index >= 15 is 0 Å². The standard InChI is InChI=1S/C26H34N4O4/c1-27(2)14-10-21-17-30(24-9-5-4-8-23(21)24)26(32)34-19-33-25(31)20-11-15-29(16-12-20)22-7-6-13-28(3)18-22/h4-6,8-9,13,17-18,20H,7,10-12,14-16,19H2,1-3H3. The molecule has 3 heterocycles. The molecule has 1 fully saturated rings. The van der Waals surface area contributed by atoms with Gasteiger partial charge in [-0.2, -0.15) is 0 Å². The van der Waals surface area contributed by atoms with Gasteiger partial charge in [0.1, 0.15) is 0 Å². The molecule has 4 rings (SSSR count). The summed E-state index contributed by atoms with van der Waals surface area (Å²) in [5, 5.41) is 1.03. The molecule has 0 spiro atoms. The van der Waals surface area contributed by atoms with Gasteiger partial charge in [-0.05, 0) is 51.2 Å². The van der Waals surface area contributed by atoms with E-state index in [-0.39, 0.29) is 18.7 Å². The minimum absolute atomic E-state index is 0.169. The van der Waals surface area contributed by atoms with Crippen molar-refractivity contribution in [1.29, 1.82) is 0 Å². The Labute approximate surface area is 201 Å². The zero-order chi connectivity index (χ0) is 24.1. The summed E-state index contributed by atoms with van der Waals surface area (Å²) < 4.78 is 12.1. The van der Waals surface area contributed by atoms with Crippen LogP contribution in [0.15, 0.2) is 54.6 Å². The molecule has 2 aliphatic heterocycles. The molecule has 1 saturated heterocycles. The Kier molecular flexibility index (Phi) is 7.57. The van der Waals surface area contributed by atoms with Gasteiger partial charge in [0.05, 0.1) is 11.4 Å². The predicted octanol–water partition coefficient (Wildman–Crippen LogP) is 3.63. The van der Waals surface area contributed by atoms with Crippen LogP contribution in [0.5, 0.6) is 0 Å². The molecule has 0 unspecified atom stereocenters. The van der Waals surface area contributed by atoms with Gasteiger partial charge < -0.3 is 24.2 Å². The summed E-state index contributed by atoms with van der Waals surface area (Å²) in [7, 11) is 6.06. The zero-order valence-corrected chi connectivity index (χ0v) is 20.3. The Hall–Kier alpha value is -3.26. The van der Waals surface area contributed by atoms with Gasteiger partial charge in [0.25, 0.3) is 0 Å². The van der Waals surface area contributed by atoms with Gasteiger partial charge in [0.15, 0.2) is 0 Å². The molecule has 0 radical (unpaired) electrons. The van der Waals surface area contributed by atoms with Crippen LogP contribution in [0.2, 0.25) is 0 Å².